The number of para-hydroxylation sites is 2. The van der Waals surface area contributed by atoms with Gasteiger partial charge in [0.2, 0.25) is 0 Å². The summed E-state index contributed by atoms with van der Waals surface area (Å²) in [6, 6.07) is 8.25. The van der Waals surface area contributed by atoms with Gasteiger partial charge in [-0.1, -0.05) is 30.4 Å². The lowest BCUT2D eigenvalue weighted by atomic mass is 10.2. The van der Waals surface area contributed by atoms with Gasteiger partial charge in [0.15, 0.2) is 5.06 Å². The molecule has 1 aromatic heterocycles. The number of β-amino-alcohol motifs (C(OH)–C–C–N with tert-alkyl or cyclic N) is 1. The summed E-state index contributed by atoms with van der Waals surface area (Å²) in [5, 5.41) is 11.1. The lowest BCUT2D eigenvalue weighted by Crippen LogP contribution is -2.49. The van der Waals surface area contributed by atoms with Crippen LogP contribution >= 0.6 is 11.3 Å². The van der Waals surface area contributed by atoms with Crippen LogP contribution in [0.1, 0.15) is 19.0 Å². The van der Waals surface area contributed by atoms with E-state index in [9.17, 15) is 5.11 Å². The second-order valence-electron chi connectivity index (χ2n) is 6.79. The van der Waals surface area contributed by atoms with Crippen molar-refractivity contribution in [2.45, 2.75) is 26.4 Å². The maximum atomic E-state index is 10.3. The Labute approximate surface area is 165 Å². The van der Waals surface area contributed by atoms with E-state index in [-0.39, 0.29) is 0 Å². The largest absolute Gasteiger partial charge is 0.491 e. The Morgan fingerprint density at radius 1 is 1.19 bits per heavy atom. The summed E-state index contributed by atoms with van der Waals surface area (Å²) in [6.45, 7) is 9.38. The van der Waals surface area contributed by atoms with E-state index in [4.69, 9.17) is 9.47 Å². The van der Waals surface area contributed by atoms with Crippen molar-refractivity contribution in [3.8, 4) is 10.8 Å². The van der Waals surface area contributed by atoms with E-state index >= 15 is 0 Å². The highest BCUT2D eigenvalue weighted by Gasteiger charge is 2.21. The Morgan fingerprint density at radius 3 is 2.67 bits per heavy atom. The number of benzene rings is 1. The third-order valence-electron chi connectivity index (χ3n) is 4.62. The molecule has 2 heterocycles. The van der Waals surface area contributed by atoms with Crippen molar-refractivity contribution in [3.05, 3.63) is 35.5 Å². The van der Waals surface area contributed by atoms with Gasteiger partial charge >= 0.3 is 0 Å². The SMILES string of the molecule is CCCOc1ccccc1N1CCN(CC(O)COc2scnc2C)CC1. The first-order valence-electron chi connectivity index (χ1n) is 9.57. The molecule has 1 unspecified atom stereocenters. The van der Waals surface area contributed by atoms with Crippen LogP contribution < -0.4 is 14.4 Å². The fourth-order valence-electron chi connectivity index (χ4n) is 3.18. The molecular weight excluding hydrogens is 362 g/mol. The molecule has 0 saturated carbocycles. The number of thiazole rings is 1. The topological polar surface area (TPSA) is 58.1 Å². The van der Waals surface area contributed by atoms with Crippen molar-refractivity contribution in [2.24, 2.45) is 0 Å². The van der Waals surface area contributed by atoms with Crippen LogP contribution in [0.2, 0.25) is 0 Å². The van der Waals surface area contributed by atoms with Crippen LogP contribution in [0.4, 0.5) is 5.69 Å². The molecule has 6 nitrogen and oxygen atoms in total. The first-order chi connectivity index (χ1) is 13.2. The molecule has 0 amide bonds. The summed E-state index contributed by atoms with van der Waals surface area (Å²) >= 11 is 1.47. The van der Waals surface area contributed by atoms with E-state index in [1.807, 2.05) is 19.1 Å². The monoisotopic (exact) mass is 391 g/mol. The van der Waals surface area contributed by atoms with Crippen LogP contribution in [0.25, 0.3) is 0 Å². The van der Waals surface area contributed by atoms with Crippen LogP contribution in [0, 0.1) is 6.92 Å². The summed E-state index contributed by atoms with van der Waals surface area (Å²) in [7, 11) is 0. The molecule has 1 atom stereocenters. The molecule has 0 aliphatic carbocycles. The molecule has 1 aromatic carbocycles. The van der Waals surface area contributed by atoms with E-state index in [1.165, 1.54) is 11.3 Å². The van der Waals surface area contributed by atoms with E-state index in [0.29, 0.717) is 13.2 Å². The summed E-state index contributed by atoms with van der Waals surface area (Å²) in [5.74, 6) is 0.959. The summed E-state index contributed by atoms with van der Waals surface area (Å²) < 4.78 is 11.6. The second-order valence-corrected chi connectivity index (χ2v) is 7.61. The molecular formula is C20H29N3O3S. The fraction of sp³-hybridized carbons (Fsp3) is 0.550. The maximum absolute atomic E-state index is 10.3. The van der Waals surface area contributed by atoms with Crippen molar-refractivity contribution in [1.82, 2.24) is 9.88 Å². The molecule has 3 rings (SSSR count). The molecule has 2 aromatic rings. The number of aliphatic hydroxyl groups excluding tert-OH is 1. The lowest BCUT2D eigenvalue weighted by Gasteiger charge is -2.37. The smallest absolute Gasteiger partial charge is 0.197 e. The van der Waals surface area contributed by atoms with Gasteiger partial charge in [0.25, 0.3) is 0 Å². The van der Waals surface area contributed by atoms with Crippen molar-refractivity contribution < 1.29 is 14.6 Å². The van der Waals surface area contributed by atoms with Gasteiger partial charge in [-0.3, -0.25) is 4.90 Å². The van der Waals surface area contributed by atoms with Crippen LogP contribution in [-0.4, -0.2) is 67.0 Å². The minimum atomic E-state index is -0.502. The second kappa shape index (κ2) is 9.92. The molecule has 0 spiro atoms. The van der Waals surface area contributed by atoms with Gasteiger partial charge in [-0.05, 0) is 25.5 Å². The average Bonchev–Trinajstić information content (AvgIpc) is 3.10. The molecule has 1 N–H and O–H groups in total. The predicted molar refractivity (Wildman–Crippen MR) is 109 cm³/mol. The minimum Gasteiger partial charge on any atom is -0.491 e. The van der Waals surface area contributed by atoms with Gasteiger partial charge in [-0.15, -0.1) is 0 Å². The number of hydrogen-bond acceptors (Lipinski definition) is 7. The Morgan fingerprint density at radius 2 is 1.96 bits per heavy atom. The van der Waals surface area contributed by atoms with Crippen LogP contribution in [0.15, 0.2) is 29.8 Å². The molecule has 1 aliphatic heterocycles. The number of ether oxygens (including phenoxy) is 2. The van der Waals surface area contributed by atoms with Crippen molar-refractivity contribution in [1.29, 1.82) is 0 Å². The number of piperazine rings is 1. The third-order valence-corrected chi connectivity index (χ3v) is 5.46. The van der Waals surface area contributed by atoms with Crippen molar-refractivity contribution >= 4 is 17.0 Å². The zero-order chi connectivity index (χ0) is 19.1. The highest BCUT2D eigenvalue weighted by atomic mass is 32.1. The molecule has 1 saturated heterocycles. The average molecular weight is 392 g/mol. The van der Waals surface area contributed by atoms with Gasteiger partial charge in [0.1, 0.15) is 18.5 Å². The quantitative estimate of drug-likeness (QED) is 0.709. The van der Waals surface area contributed by atoms with E-state index in [0.717, 1.165) is 61.4 Å². The highest BCUT2D eigenvalue weighted by molar-refractivity contribution is 7.11. The van der Waals surface area contributed by atoms with Crippen LogP contribution in [0.5, 0.6) is 10.8 Å². The number of aryl methyl sites for hydroxylation is 1. The molecule has 27 heavy (non-hydrogen) atoms. The normalized spacial score (nSPS) is 16.3. The molecule has 1 fully saturated rings. The van der Waals surface area contributed by atoms with Crippen molar-refractivity contribution in [2.75, 3.05) is 50.8 Å². The van der Waals surface area contributed by atoms with E-state index in [2.05, 4.69) is 33.8 Å². The molecule has 7 heteroatoms. The number of anilines is 1. The molecule has 1 aliphatic rings. The number of aliphatic hydroxyl groups is 1. The zero-order valence-electron chi connectivity index (χ0n) is 16.1. The highest BCUT2D eigenvalue weighted by Crippen LogP contribution is 2.29. The lowest BCUT2D eigenvalue weighted by molar-refractivity contribution is 0.0673. The summed E-state index contributed by atoms with van der Waals surface area (Å²) in [6.07, 6.45) is 0.501. The molecule has 0 bridgehead atoms. The Bertz CT molecular complexity index is 701. The van der Waals surface area contributed by atoms with Gasteiger partial charge in [-0.2, -0.15) is 0 Å². The fourth-order valence-corrected chi connectivity index (χ4v) is 3.84. The van der Waals surface area contributed by atoms with Crippen LogP contribution in [-0.2, 0) is 0 Å². The molecule has 0 radical (unpaired) electrons. The number of hydrogen-bond donors (Lipinski definition) is 1. The number of rotatable bonds is 9. The summed E-state index contributed by atoms with van der Waals surface area (Å²) in [4.78, 5) is 8.82. The first kappa shape index (κ1) is 19.9. The first-order valence-corrected chi connectivity index (χ1v) is 10.5. The maximum Gasteiger partial charge on any atom is 0.197 e. The standard InChI is InChI=1S/C20H29N3O3S/c1-3-12-25-19-7-5-4-6-18(19)23-10-8-22(9-11-23)13-17(24)14-26-20-16(2)21-15-27-20/h4-7,15,17,24H,3,8-14H2,1-2H3. The summed E-state index contributed by atoms with van der Waals surface area (Å²) in [5.41, 5.74) is 3.80. The predicted octanol–water partition coefficient (Wildman–Crippen LogP) is 2.80. The van der Waals surface area contributed by atoms with Gasteiger partial charge in [0, 0.05) is 32.7 Å². The zero-order valence-corrected chi connectivity index (χ0v) is 17.0. The Balaban J connectivity index is 1.45. The number of aromatic nitrogens is 1. The van der Waals surface area contributed by atoms with Gasteiger partial charge in [-0.25, -0.2) is 4.98 Å². The third kappa shape index (κ3) is 5.57. The number of nitrogens with zero attached hydrogens (tertiary/aromatic N) is 3. The Hall–Kier alpha value is -1.83. The van der Waals surface area contributed by atoms with Crippen LogP contribution in [0.3, 0.4) is 0 Å². The molecule has 148 valence electrons. The minimum absolute atomic E-state index is 0.303. The van der Waals surface area contributed by atoms with E-state index < -0.39 is 6.10 Å². The van der Waals surface area contributed by atoms with Gasteiger partial charge in [0.05, 0.1) is 23.5 Å². The van der Waals surface area contributed by atoms with Crippen molar-refractivity contribution in [3.63, 3.8) is 0 Å². The van der Waals surface area contributed by atoms with Gasteiger partial charge < -0.3 is 19.5 Å². The van der Waals surface area contributed by atoms with E-state index in [1.54, 1.807) is 5.51 Å². The Kier molecular flexibility index (Phi) is 7.32.